The zero-order valence-corrected chi connectivity index (χ0v) is 18.6. The molecule has 1 saturated carbocycles. The number of benzene rings is 1. The maximum absolute atomic E-state index is 15.4. The molecule has 1 aromatic carbocycles. The molecule has 9 heteroatoms. The van der Waals surface area contributed by atoms with E-state index in [-0.39, 0.29) is 36.6 Å². The number of anilines is 1. The highest BCUT2D eigenvalue weighted by Crippen LogP contribution is 2.42. The highest BCUT2D eigenvalue weighted by molar-refractivity contribution is 5.92. The topological polar surface area (TPSA) is 110 Å². The van der Waals surface area contributed by atoms with E-state index >= 15 is 4.39 Å². The molecule has 4 rings (SSSR count). The molecule has 2 heterocycles. The van der Waals surface area contributed by atoms with E-state index in [2.05, 4.69) is 5.32 Å². The Balaban J connectivity index is 1.74. The third kappa shape index (κ3) is 4.31. The summed E-state index contributed by atoms with van der Waals surface area (Å²) in [6.45, 7) is 4.92. The van der Waals surface area contributed by atoms with Gasteiger partial charge in [0.25, 0.3) is 5.56 Å². The van der Waals surface area contributed by atoms with E-state index in [0.717, 1.165) is 31.4 Å². The van der Waals surface area contributed by atoms with E-state index in [1.54, 1.807) is 4.57 Å². The van der Waals surface area contributed by atoms with Crippen molar-refractivity contribution < 1.29 is 19.0 Å². The molecule has 2 fully saturated rings. The van der Waals surface area contributed by atoms with E-state index < -0.39 is 12.5 Å². The number of amides is 1. The Hall–Kier alpha value is -2.65. The lowest BCUT2D eigenvalue weighted by atomic mass is 10.0. The number of hydrogen-bond acceptors (Lipinski definition) is 6. The first kappa shape index (κ1) is 22.5. The van der Waals surface area contributed by atoms with Crippen molar-refractivity contribution in [2.75, 3.05) is 37.7 Å². The van der Waals surface area contributed by atoms with Gasteiger partial charge in [0.1, 0.15) is 24.8 Å². The standard InChI is InChI=1S/C23H31FN4O4/c1-13-22-17(9-18(24)23(13)27-7-5-15(11-27)14(2)25)19(32-8-6-26-20(30)12-29)10-21(31)28(22)16-3-4-16/h9-10,14-16,29H,3-8,11-12,25H2,1-2H3,(H,26,30)/t14-,15?/m0/s1. The van der Waals surface area contributed by atoms with Crippen LogP contribution in [-0.4, -0.2) is 54.5 Å². The van der Waals surface area contributed by atoms with Crippen molar-refractivity contribution in [1.29, 1.82) is 0 Å². The Labute approximate surface area is 186 Å². The lowest BCUT2D eigenvalue weighted by Crippen LogP contribution is -2.31. The number of aryl methyl sites for hydroxylation is 1. The first-order valence-electron chi connectivity index (χ1n) is 11.2. The molecule has 0 spiro atoms. The van der Waals surface area contributed by atoms with Crippen molar-refractivity contribution in [3.05, 3.63) is 33.9 Å². The summed E-state index contributed by atoms with van der Waals surface area (Å²) < 4.78 is 23.0. The van der Waals surface area contributed by atoms with Gasteiger partial charge in [-0.1, -0.05) is 0 Å². The van der Waals surface area contributed by atoms with E-state index in [4.69, 9.17) is 15.6 Å². The summed E-state index contributed by atoms with van der Waals surface area (Å²) in [5.74, 6) is -0.257. The maximum Gasteiger partial charge on any atom is 0.255 e. The van der Waals surface area contributed by atoms with Crippen molar-refractivity contribution in [2.24, 2.45) is 11.7 Å². The molecule has 1 saturated heterocycles. The van der Waals surface area contributed by atoms with Crippen LogP contribution < -0.4 is 26.2 Å². The van der Waals surface area contributed by atoms with E-state index in [0.29, 0.717) is 34.8 Å². The SMILES string of the molecule is Cc1c(N2CCC([C@H](C)N)C2)c(F)cc2c(OCCNC(=O)CO)cc(=O)n(C3CC3)c12. The average molecular weight is 447 g/mol. The third-order valence-electron chi connectivity index (χ3n) is 6.48. The van der Waals surface area contributed by atoms with E-state index in [1.165, 1.54) is 12.1 Å². The highest BCUT2D eigenvalue weighted by atomic mass is 19.1. The molecule has 1 aliphatic carbocycles. The number of hydrogen-bond donors (Lipinski definition) is 3. The number of fused-ring (bicyclic) bond motifs is 1. The second kappa shape index (κ2) is 9.07. The van der Waals surface area contributed by atoms with Crippen LogP contribution in [0.5, 0.6) is 5.75 Å². The molecule has 0 bridgehead atoms. The first-order valence-corrected chi connectivity index (χ1v) is 11.2. The lowest BCUT2D eigenvalue weighted by Gasteiger charge is -2.25. The number of carbonyl (C=O) groups excluding carboxylic acids is 1. The van der Waals surface area contributed by atoms with Crippen LogP contribution in [0, 0.1) is 18.7 Å². The number of pyridine rings is 1. The molecular formula is C23H31FN4O4. The van der Waals surface area contributed by atoms with Gasteiger partial charge in [0.05, 0.1) is 17.7 Å². The Morgan fingerprint density at radius 3 is 2.75 bits per heavy atom. The number of nitrogens with two attached hydrogens (primary N) is 1. The molecule has 0 radical (unpaired) electrons. The number of aliphatic hydroxyl groups is 1. The van der Waals surface area contributed by atoms with Crippen LogP contribution in [0.15, 0.2) is 16.9 Å². The van der Waals surface area contributed by atoms with Gasteiger partial charge < -0.3 is 30.4 Å². The number of halogens is 1. The number of nitrogens with one attached hydrogen (secondary N) is 1. The van der Waals surface area contributed by atoms with Crippen LogP contribution >= 0.6 is 0 Å². The summed E-state index contributed by atoms with van der Waals surface area (Å²) in [4.78, 5) is 26.2. The zero-order chi connectivity index (χ0) is 23.0. The molecule has 32 heavy (non-hydrogen) atoms. The summed E-state index contributed by atoms with van der Waals surface area (Å²) in [5.41, 5.74) is 7.87. The summed E-state index contributed by atoms with van der Waals surface area (Å²) in [6, 6.07) is 3.02. The Morgan fingerprint density at radius 1 is 1.38 bits per heavy atom. The normalized spacial score (nSPS) is 19.4. The number of ether oxygens (including phenoxy) is 1. The summed E-state index contributed by atoms with van der Waals surface area (Å²) in [5, 5.41) is 11.8. The summed E-state index contributed by atoms with van der Waals surface area (Å²) in [6.07, 6.45) is 2.75. The van der Waals surface area contributed by atoms with Gasteiger partial charge >= 0.3 is 0 Å². The third-order valence-corrected chi connectivity index (χ3v) is 6.48. The molecule has 8 nitrogen and oxygen atoms in total. The second-order valence-corrected chi connectivity index (χ2v) is 8.89. The molecule has 1 aliphatic heterocycles. The first-order chi connectivity index (χ1) is 15.3. The molecule has 2 aliphatic rings. The average Bonchev–Trinajstić information content (AvgIpc) is 3.47. The van der Waals surface area contributed by atoms with Gasteiger partial charge in [0, 0.05) is 36.6 Å². The van der Waals surface area contributed by atoms with Crippen LogP contribution in [0.4, 0.5) is 10.1 Å². The number of aliphatic hydroxyl groups excluding tert-OH is 1. The van der Waals surface area contributed by atoms with Crippen LogP contribution in [0.1, 0.15) is 37.8 Å². The monoisotopic (exact) mass is 446 g/mol. The number of rotatable bonds is 8. The number of nitrogens with zero attached hydrogens (tertiary/aromatic N) is 2. The van der Waals surface area contributed by atoms with Crippen molar-refractivity contribution in [3.63, 3.8) is 0 Å². The molecule has 2 atom stereocenters. The van der Waals surface area contributed by atoms with Crippen molar-refractivity contribution >= 4 is 22.5 Å². The fourth-order valence-electron chi connectivity index (χ4n) is 4.65. The minimum atomic E-state index is -0.603. The predicted octanol–water partition coefficient (Wildman–Crippen LogP) is 1.44. The van der Waals surface area contributed by atoms with Crippen molar-refractivity contribution in [3.8, 4) is 5.75 Å². The summed E-state index contributed by atoms with van der Waals surface area (Å²) >= 11 is 0. The van der Waals surface area contributed by atoms with Gasteiger partial charge in [-0.15, -0.1) is 0 Å². The van der Waals surface area contributed by atoms with Crippen molar-refractivity contribution in [2.45, 2.75) is 45.2 Å². The zero-order valence-electron chi connectivity index (χ0n) is 18.6. The van der Waals surface area contributed by atoms with Crippen LogP contribution in [0.25, 0.3) is 10.9 Å². The molecule has 1 amide bonds. The van der Waals surface area contributed by atoms with Crippen LogP contribution in [0.2, 0.25) is 0 Å². The van der Waals surface area contributed by atoms with Gasteiger partial charge in [0.15, 0.2) is 0 Å². The van der Waals surface area contributed by atoms with Crippen LogP contribution in [-0.2, 0) is 4.79 Å². The molecule has 1 unspecified atom stereocenters. The molecule has 2 aromatic rings. The lowest BCUT2D eigenvalue weighted by molar-refractivity contribution is -0.123. The Kier molecular flexibility index (Phi) is 6.39. The van der Waals surface area contributed by atoms with Crippen LogP contribution in [0.3, 0.4) is 0 Å². The summed E-state index contributed by atoms with van der Waals surface area (Å²) in [7, 11) is 0. The second-order valence-electron chi connectivity index (χ2n) is 8.89. The Bertz CT molecular complexity index is 1080. The number of carbonyl (C=O) groups is 1. The van der Waals surface area contributed by atoms with Gasteiger partial charge in [-0.2, -0.15) is 0 Å². The smallest absolute Gasteiger partial charge is 0.255 e. The van der Waals surface area contributed by atoms with Gasteiger partial charge in [-0.25, -0.2) is 4.39 Å². The quantitative estimate of drug-likeness (QED) is 0.530. The predicted molar refractivity (Wildman–Crippen MR) is 121 cm³/mol. The molecular weight excluding hydrogens is 415 g/mol. The fourth-order valence-corrected chi connectivity index (χ4v) is 4.65. The fraction of sp³-hybridized carbons (Fsp3) is 0.565. The highest BCUT2D eigenvalue weighted by Gasteiger charge is 2.32. The van der Waals surface area contributed by atoms with Gasteiger partial charge in [-0.3, -0.25) is 9.59 Å². The van der Waals surface area contributed by atoms with Gasteiger partial charge in [-0.05, 0) is 50.7 Å². The van der Waals surface area contributed by atoms with Gasteiger partial charge in [0.2, 0.25) is 5.91 Å². The maximum atomic E-state index is 15.4. The molecule has 1 aromatic heterocycles. The largest absolute Gasteiger partial charge is 0.491 e. The minimum absolute atomic E-state index is 0.0415. The van der Waals surface area contributed by atoms with E-state index in [9.17, 15) is 9.59 Å². The number of aromatic nitrogens is 1. The molecule has 174 valence electrons. The molecule has 4 N–H and O–H groups in total. The Morgan fingerprint density at radius 2 is 2.12 bits per heavy atom. The van der Waals surface area contributed by atoms with E-state index in [1.807, 2.05) is 18.7 Å². The van der Waals surface area contributed by atoms with Crippen molar-refractivity contribution in [1.82, 2.24) is 9.88 Å². The minimum Gasteiger partial charge on any atom is -0.491 e.